The van der Waals surface area contributed by atoms with Gasteiger partial charge in [0, 0.05) is 17.1 Å². The van der Waals surface area contributed by atoms with Crippen LogP contribution in [0.5, 0.6) is 0 Å². The van der Waals surface area contributed by atoms with E-state index in [-0.39, 0.29) is 22.9 Å². The van der Waals surface area contributed by atoms with Gasteiger partial charge >= 0.3 is 11.9 Å². The summed E-state index contributed by atoms with van der Waals surface area (Å²) in [6.07, 6.45) is -1.12. The lowest BCUT2D eigenvalue weighted by atomic mass is 10.1. The molecule has 0 saturated heterocycles. The van der Waals surface area contributed by atoms with Gasteiger partial charge in [-0.05, 0) is 46.2 Å². The Kier molecular flexibility index (Phi) is 5.19. The van der Waals surface area contributed by atoms with Crippen LogP contribution in [0, 0.1) is 27.7 Å². The Labute approximate surface area is 166 Å². The molecule has 3 rings (SSSR count). The van der Waals surface area contributed by atoms with Crippen LogP contribution in [0.1, 0.15) is 61.0 Å². The van der Waals surface area contributed by atoms with Crippen molar-refractivity contribution in [2.45, 2.75) is 40.7 Å². The van der Waals surface area contributed by atoms with E-state index in [1.165, 1.54) is 18.5 Å². The third-order valence-corrected chi connectivity index (χ3v) is 4.53. The van der Waals surface area contributed by atoms with Crippen LogP contribution >= 0.6 is 0 Å². The number of ketones is 1. The zero-order chi connectivity index (χ0) is 21.5. The molecule has 1 atom stereocenters. The minimum absolute atomic E-state index is 0.180. The van der Waals surface area contributed by atoms with Gasteiger partial charge in [0.2, 0.25) is 5.78 Å². The molecule has 0 amide bonds. The van der Waals surface area contributed by atoms with Gasteiger partial charge in [0.05, 0.1) is 18.4 Å². The van der Waals surface area contributed by atoms with Gasteiger partial charge in [0.25, 0.3) is 11.6 Å². The average Bonchev–Trinajstić information content (AvgIpc) is 3.21. The van der Waals surface area contributed by atoms with Crippen molar-refractivity contribution in [1.29, 1.82) is 0 Å². The Balaban J connectivity index is 1.82. The van der Waals surface area contributed by atoms with E-state index in [9.17, 15) is 14.4 Å². The Bertz CT molecular complexity index is 1140. The summed E-state index contributed by atoms with van der Waals surface area (Å²) in [4.78, 5) is 48.3. The predicted octanol–water partition coefficient (Wildman–Crippen LogP) is 1.90. The highest BCUT2D eigenvalue weighted by Gasteiger charge is 2.28. The van der Waals surface area contributed by atoms with Crippen LogP contribution in [0.15, 0.2) is 6.07 Å². The minimum Gasteiger partial charge on any atom is -0.465 e. The molecular formula is C19H21N5O5. The molecule has 3 aromatic heterocycles. The molecule has 0 saturated carbocycles. The first kappa shape index (κ1) is 20.2. The van der Waals surface area contributed by atoms with Crippen LogP contribution in [-0.2, 0) is 9.47 Å². The Morgan fingerprint density at radius 3 is 2.45 bits per heavy atom. The number of nitrogens with one attached hydrogen (secondary N) is 1. The van der Waals surface area contributed by atoms with Crippen molar-refractivity contribution >= 4 is 23.5 Å². The summed E-state index contributed by atoms with van der Waals surface area (Å²) in [6, 6.07) is 1.80. The maximum atomic E-state index is 12.8. The number of methoxy groups -OCH3 is 1. The fourth-order valence-electron chi connectivity index (χ4n) is 3.13. The first-order chi connectivity index (χ1) is 13.6. The van der Waals surface area contributed by atoms with Crippen LogP contribution in [0.25, 0.3) is 5.78 Å². The number of carbonyl (C=O) groups excluding carboxylic acids is 3. The number of esters is 2. The van der Waals surface area contributed by atoms with Crippen molar-refractivity contribution < 1.29 is 23.9 Å². The molecular weight excluding hydrogens is 378 g/mol. The number of carbonyl (C=O) groups is 3. The standard InChI is InChI=1S/C19H21N5O5/c1-8-7-9(2)24-19(20-8)22-16(23-24)18(27)29-12(5)15(25)14-10(3)13(11(4)21-14)17(26)28-6/h7,12,21H,1-6H3/t12-/m0/s1. The molecule has 152 valence electrons. The van der Waals surface area contributed by atoms with Crippen LogP contribution in [0.3, 0.4) is 0 Å². The number of H-pyrrole nitrogens is 1. The molecule has 0 spiro atoms. The van der Waals surface area contributed by atoms with Crippen molar-refractivity contribution in [2.24, 2.45) is 0 Å². The molecule has 10 heteroatoms. The molecule has 0 aliphatic carbocycles. The normalized spacial score (nSPS) is 12.1. The summed E-state index contributed by atoms with van der Waals surface area (Å²) in [5.74, 6) is -1.80. The molecule has 10 nitrogen and oxygen atoms in total. The van der Waals surface area contributed by atoms with Crippen LogP contribution < -0.4 is 0 Å². The maximum absolute atomic E-state index is 12.8. The van der Waals surface area contributed by atoms with E-state index in [2.05, 4.69) is 20.1 Å². The van der Waals surface area contributed by atoms with Crippen molar-refractivity contribution in [3.63, 3.8) is 0 Å². The Morgan fingerprint density at radius 2 is 1.79 bits per heavy atom. The molecule has 0 aromatic carbocycles. The third kappa shape index (κ3) is 3.60. The Morgan fingerprint density at radius 1 is 1.10 bits per heavy atom. The molecule has 0 bridgehead atoms. The lowest BCUT2D eigenvalue weighted by Crippen LogP contribution is -2.26. The van der Waals surface area contributed by atoms with E-state index in [4.69, 9.17) is 9.47 Å². The number of aromatic nitrogens is 5. The van der Waals surface area contributed by atoms with Gasteiger partial charge in [0.1, 0.15) is 0 Å². The van der Waals surface area contributed by atoms with E-state index >= 15 is 0 Å². The Hall–Kier alpha value is -3.56. The lowest BCUT2D eigenvalue weighted by molar-refractivity contribution is 0.0305. The van der Waals surface area contributed by atoms with E-state index < -0.39 is 23.8 Å². The molecule has 3 heterocycles. The van der Waals surface area contributed by atoms with Crippen molar-refractivity contribution in [2.75, 3.05) is 7.11 Å². The highest BCUT2D eigenvalue weighted by molar-refractivity contribution is 6.04. The second-order valence-corrected chi connectivity index (χ2v) is 6.71. The quantitative estimate of drug-likeness (QED) is 0.509. The van der Waals surface area contributed by atoms with E-state index in [1.54, 1.807) is 19.9 Å². The van der Waals surface area contributed by atoms with Crippen molar-refractivity contribution in [1.82, 2.24) is 24.6 Å². The average molecular weight is 399 g/mol. The fourth-order valence-corrected chi connectivity index (χ4v) is 3.13. The zero-order valence-electron chi connectivity index (χ0n) is 17.0. The highest BCUT2D eigenvalue weighted by Crippen LogP contribution is 2.21. The van der Waals surface area contributed by atoms with Gasteiger partial charge in [-0.15, -0.1) is 5.10 Å². The van der Waals surface area contributed by atoms with E-state index in [0.717, 1.165) is 11.4 Å². The maximum Gasteiger partial charge on any atom is 0.379 e. The molecule has 1 N–H and O–H groups in total. The molecule has 3 aromatic rings. The van der Waals surface area contributed by atoms with Gasteiger partial charge < -0.3 is 14.5 Å². The number of Topliss-reactive ketones (excluding diaryl/α,β-unsaturated/α-hetero) is 1. The number of hydrogen-bond acceptors (Lipinski definition) is 8. The number of ether oxygens (including phenoxy) is 2. The van der Waals surface area contributed by atoms with Gasteiger partial charge in [-0.3, -0.25) is 4.79 Å². The van der Waals surface area contributed by atoms with Gasteiger partial charge in [-0.2, -0.15) is 4.98 Å². The molecule has 29 heavy (non-hydrogen) atoms. The second-order valence-electron chi connectivity index (χ2n) is 6.71. The predicted molar refractivity (Wildman–Crippen MR) is 101 cm³/mol. The number of nitrogens with zero attached hydrogens (tertiary/aromatic N) is 4. The van der Waals surface area contributed by atoms with Crippen LogP contribution in [0.4, 0.5) is 0 Å². The smallest absolute Gasteiger partial charge is 0.379 e. The molecule has 0 unspecified atom stereocenters. The van der Waals surface area contributed by atoms with Crippen molar-refractivity contribution in [3.8, 4) is 0 Å². The zero-order valence-corrected chi connectivity index (χ0v) is 17.0. The van der Waals surface area contributed by atoms with E-state index in [0.29, 0.717) is 11.3 Å². The SMILES string of the molecule is COC(=O)c1c(C)[nH]c(C(=O)[C@H](C)OC(=O)c2nc3nc(C)cc(C)n3n2)c1C. The largest absolute Gasteiger partial charge is 0.465 e. The number of aromatic amines is 1. The van der Waals surface area contributed by atoms with Gasteiger partial charge in [-0.25, -0.2) is 19.1 Å². The first-order valence-corrected chi connectivity index (χ1v) is 8.87. The summed E-state index contributed by atoms with van der Waals surface area (Å²) < 4.78 is 11.4. The topological polar surface area (TPSA) is 129 Å². The number of hydrogen-bond donors (Lipinski definition) is 1. The third-order valence-electron chi connectivity index (χ3n) is 4.53. The summed E-state index contributed by atoms with van der Waals surface area (Å²) in [5.41, 5.74) is 2.90. The monoisotopic (exact) mass is 399 g/mol. The molecule has 0 aliphatic rings. The van der Waals surface area contributed by atoms with Crippen LogP contribution in [0.2, 0.25) is 0 Å². The number of rotatable bonds is 5. The molecule has 0 radical (unpaired) electrons. The number of fused-ring (bicyclic) bond motifs is 1. The fraction of sp³-hybridized carbons (Fsp3) is 0.368. The summed E-state index contributed by atoms with van der Waals surface area (Å²) in [7, 11) is 1.26. The van der Waals surface area contributed by atoms with Gasteiger partial charge in [0.15, 0.2) is 6.10 Å². The second kappa shape index (κ2) is 7.46. The lowest BCUT2D eigenvalue weighted by Gasteiger charge is -2.10. The molecule has 0 aliphatic heterocycles. The van der Waals surface area contributed by atoms with E-state index in [1.807, 2.05) is 13.8 Å². The summed E-state index contributed by atoms with van der Waals surface area (Å²) in [6.45, 7) is 8.34. The molecule has 0 fully saturated rings. The highest BCUT2D eigenvalue weighted by atomic mass is 16.5. The number of aryl methyl sites for hydroxylation is 3. The summed E-state index contributed by atoms with van der Waals surface area (Å²) in [5, 5.41) is 4.10. The van der Waals surface area contributed by atoms with Crippen molar-refractivity contribution in [3.05, 3.63) is 45.8 Å². The van der Waals surface area contributed by atoms with Crippen LogP contribution in [-0.4, -0.2) is 55.5 Å². The minimum atomic E-state index is -1.12. The summed E-state index contributed by atoms with van der Waals surface area (Å²) >= 11 is 0. The van der Waals surface area contributed by atoms with Gasteiger partial charge in [-0.1, -0.05) is 0 Å². The first-order valence-electron chi connectivity index (χ1n) is 8.87.